The highest BCUT2D eigenvalue weighted by Crippen LogP contribution is 2.29. The van der Waals surface area contributed by atoms with E-state index in [1.807, 2.05) is 19.1 Å². The van der Waals surface area contributed by atoms with Gasteiger partial charge in [-0.05, 0) is 26.3 Å². The molecular weight excluding hydrogens is 212 g/mol. The van der Waals surface area contributed by atoms with E-state index in [-0.39, 0.29) is 5.88 Å². The molecule has 90 valence electrons. The van der Waals surface area contributed by atoms with Gasteiger partial charge in [0.25, 0.3) is 0 Å². The Morgan fingerprint density at radius 1 is 1.29 bits per heavy atom. The van der Waals surface area contributed by atoms with Crippen LogP contribution in [0.3, 0.4) is 0 Å². The highest BCUT2D eigenvalue weighted by Gasteiger charge is 2.14. The molecule has 0 atom stereocenters. The Balaban J connectivity index is 2.49. The normalized spacial score (nSPS) is 10.8. The Hall–Kier alpha value is -1.77. The second-order valence-electron chi connectivity index (χ2n) is 4.39. The van der Waals surface area contributed by atoms with E-state index in [1.54, 1.807) is 4.68 Å². The molecular formula is C14H18N2O. The smallest absolute Gasteiger partial charge is 0.212 e. The number of hydrogen-bond donors (Lipinski definition) is 1. The summed E-state index contributed by atoms with van der Waals surface area (Å²) >= 11 is 0. The number of hydrogen-bond acceptors (Lipinski definition) is 2. The number of benzene rings is 1. The van der Waals surface area contributed by atoms with E-state index in [4.69, 9.17) is 0 Å². The maximum Gasteiger partial charge on any atom is 0.212 e. The van der Waals surface area contributed by atoms with E-state index in [0.717, 1.165) is 29.8 Å². The van der Waals surface area contributed by atoms with Gasteiger partial charge in [0.15, 0.2) is 0 Å². The Morgan fingerprint density at radius 2 is 2.06 bits per heavy atom. The van der Waals surface area contributed by atoms with Crippen LogP contribution in [-0.4, -0.2) is 14.9 Å². The van der Waals surface area contributed by atoms with Crippen LogP contribution in [0.5, 0.6) is 5.88 Å². The molecule has 0 saturated heterocycles. The van der Waals surface area contributed by atoms with Gasteiger partial charge in [0.2, 0.25) is 5.88 Å². The zero-order valence-electron chi connectivity index (χ0n) is 10.6. The summed E-state index contributed by atoms with van der Waals surface area (Å²) in [5, 5.41) is 14.5. The maximum absolute atomic E-state index is 9.98. The lowest BCUT2D eigenvalue weighted by Gasteiger charge is -1.99. The van der Waals surface area contributed by atoms with Crippen LogP contribution < -0.4 is 0 Å². The molecule has 1 aromatic carbocycles. The molecule has 3 heteroatoms. The largest absolute Gasteiger partial charge is 0.493 e. The minimum Gasteiger partial charge on any atom is -0.493 e. The van der Waals surface area contributed by atoms with Crippen molar-refractivity contribution in [1.29, 1.82) is 0 Å². The zero-order valence-corrected chi connectivity index (χ0v) is 10.6. The topological polar surface area (TPSA) is 38.0 Å². The number of aromatic hydroxyl groups is 1. The summed E-state index contributed by atoms with van der Waals surface area (Å²) in [6, 6.07) is 8.19. The lowest BCUT2D eigenvalue weighted by molar-refractivity contribution is 0.394. The van der Waals surface area contributed by atoms with Crippen molar-refractivity contribution in [2.75, 3.05) is 0 Å². The molecule has 0 bridgehead atoms. The number of rotatable bonds is 3. The predicted molar refractivity (Wildman–Crippen MR) is 69.1 cm³/mol. The molecule has 0 aliphatic carbocycles. The molecule has 2 aromatic rings. The first kappa shape index (κ1) is 11.7. The highest BCUT2D eigenvalue weighted by molar-refractivity contribution is 5.65. The molecule has 0 unspecified atom stereocenters. The van der Waals surface area contributed by atoms with Crippen molar-refractivity contribution in [3.05, 3.63) is 35.4 Å². The molecule has 0 aliphatic rings. The van der Waals surface area contributed by atoms with Gasteiger partial charge in [-0.25, -0.2) is 4.68 Å². The van der Waals surface area contributed by atoms with Crippen LogP contribution in [0.25, 0.3) is 11.3 Å². The van der Waals surface area contributed by atoms with Crippen LogP contribution >= 0.6 is 0 Å². The van der Waals surface area contributed by atoms with E-state index in [0.29, 0.717) is 0 Å². The molecule has 0 spiro atoms. The van der Waals surface area contributed by atoms with Crippen molar-refractivity contribution in [1.82, 2.24) is 9.78 Å². The van der Waals surface area contributed by atoms with E-state index in [9.17, 15) is 5.11 Å². The summed E-state index contributed by atoms with van der Waals surface area (Å²) in [6.07, 6.45) is 0.960. The minimum atomic E-state index is 0.281. The quantitative estimate of drug-likeness (QED) is 0.878. The first-order valence-corrected chi connectivity index (χ1v) is 5.97. The fraction of sp³-hybridized carbons (Fsp3) is 0.357. The number of aryl methyl sites for hydroxylation is 2. The third-order valence-corrected chi connectivity index (χ3v) is 2.88. The molecule has 0 radical (unpaired) electrons. The van der Waals surface area contributed by atoms with E-state index >= 15 is 0 Å². The van der Waals surface area contributed by atoms with Gasteiger partial charge in [-0.1, -0.05) is 30.7 Å². The van der Waals surface area contributed by atoms with E-state index < -0.39 is 0 Å². The summed E-state index contributed by atoms with van der Waals surface area (Å²) in [5.41, 5.74) is 3.99. The first-order valence-electron chi connectivity index (χ1n) is 5.97. The summed E-state index contributed by atoms with van der Waals surface area (Å²) in [4.78, 5) is 0. The average molecular weight is 230 g/mol. The number of nitrogens with zero attached hydrogens (tertiary/aromatic N) is 2. The minimum absolute atomic E-state index is 0.281. The molecule has 0 fully saturated rings. The Bertz CT molecular complexity index is 529. The van der Waals surface area contributed by atoms with Gasteiger partial charge in [0.05, 0.1) is 5.69 Å². The molecule has 0 aliphatic heterocycles. The second-order valence-corrected chi connectivity index (χ2v) is 4.39. The summed E-state index contributed by atoms with van der Waals surface area (Å²) in [5.74, 6) is 0.281. The third-order valence-electron chi connectivity index (χ3n) is 2.88. The summed E-state index contributed by atoms with van der Waals surface area (Å²) < 4.78 is 1.67. The predicted octanol–water partition coefficient (Wildman–Crippen LogP) is 3.28. The van der Waals surface area contributed by atoms with Crippen LogP contribution in [0, 0.1) is 13.8 Å². The molecule has 1 heterocycles. The molecule has 2 rings (SSSR count). The molecule has 17 heavy (non-hydrogen) atoms. The highest BCUT2D eigenvalue weighted by atomic mass is 16.3. The van der Waals surface area contributed by atoms with Crippen LogP contribution in [-0.2, 0) is 6.54 Å². The van der Waals surface area contributed by atoms with Gasteiger partial charge in [-0.3, -0.25) is 0 Å². The van der Waals surface area contributed by atoms with Crippen molar-refractivity contribution < 1.29 is 5.11 Å². The Kier molecular flexibility index (Phi) is 3.18. The third kappa shape index (κ3) is 2.18. The SMILES string of the molecule is CCCn1nc(-c2cccc(C)c2)c(C)c1O. The fourth-order valence-corrected chi connectivity index (χ4v) is 1.98. The van der Waals surface area contributed by atoms with Crippen molar-refractivity contribution in [3.63, 3.8) is 0 Å². The second kappa shape index (κ2) is 4.62. The summed E-state index contributed by atoms with van der Waals surface area (Å²) in [7, 11) is 0. The van der Waals surface area contributed by atoms with Gasteiger partial charge >= 0.3 is 0 Å². The first-order chi connectivity index (χ1) is 8.13. The molecule has 1 N–H and O–H groups in total. The van der Waals surface area contributed by atoms with Gasteiger partial charge in [-0.15, -0.1) is 0 Å². The van der Waals surface area contributed by atoms with Gasteiger partial charge < -0.3 is 5.11 Å². The average Bonchev–Trinajstić information content (AvgIpc) is 2.58. The van der Waals surface area contributed by atoms with Crippen molar-refractivity contribution in [2.45, 2.75) is 33.7 Å². The van der Waals surface area contributed by atoms with Crippen LogP contribution in [0.2, 0.25) is 0 Å². The van der Waals surface area contributed by atoms with Crippen molar-refractivity contribution in [2.24, 2.45) is 0 Å². The van der Waals surface area contributed by atoms with Gasteiger partial charge in [0.1, 0.15) is 0 Å². The van der Waals surface area contributed by atoms with E-state index in [2.05, 4.69) is 31.1 Å². The zero-order chi connectivity index (χ0) is 12.4. The van der Waals surface area contributed by atoms with Crippen LogP contribution in [0.1, 0.15) is 24.5 Å². The van der Waals surface area contributed by atoms with Crippen LogP contribution in [0.4, 0.5) is 0 Å². The molecule has 0 amide bonds. The fourth-order valence-electron chi connectivity index (χ4n) is 1.98. The van der Waals surface area contributed by atoms with Gasteiger partial charge in [-0.2, -0.15) is 5.10 Å². The Labute approximate surface area is 102 Å². The van der Waals surface area contributed by atoms with E-state index in [1.165, 1.54) is 5.56 Å². The monoisotopic (exact) mass is 230 g/mol. The standard InChI is InChI=1S/C14H18N2O/c1-4-8-16-14(17)11(3)13(15-16)12-7-5-6-10(2)9-12/h5-7,9,17H,4,8H2,1-3H3. The van der Waals surface area contributed by atoms with Crippen molar-refractivity contribution in [3.8, 4) is 17.1 Å². The molecule has 0 saturated carbocycles. The lowest BCUT2D eigenvalue weighted by Crippen LogP contribution is -1.98. The molecule has 3 nitrogen and oxygen atoms in total. The van der Waals surface area contributed by atoms with Gasteiger partial charge in [0, 0.05) is 17.7 Å². The maximum atomic E-state index is 9.98. The number of aromatic nitrogens is 2. The summed E-state index contributed by atoms with van der Waals surface area (Å²) in [6.45, 7) is 6.79. The van der Waals surface area contributed by atoms with Crippen LogP contribution in [0.15, 0.2) is 24.3 Å². The lowest BCUT2D eigenvalue weighted by atomic mass is 10.1. The van der Waals surface area contributed by atoms with Crippen molar-refractivity contribution >= 4 is 0 Å². The Morgan fingerprint density at radius 3 is 2.71 bits per heavy atom. The molecule has 1 aromatic heterocycles.